The van der Waals surface area contributed by atoms with E-state index in [1.54, 1.807) is 0 Å². The van der Waals surface area contributed by atoms with Crippen molar-refractivity contribution in [2.24, 2.45) is 0 Å². The first kappa shape index (κ1) is 14.1. The summed E-state index contributed by atoms with van der Waals surface area (Å²) in [5, 5.41) is 13.1. The number of rotatable bonds is 4. The van der Waals surface area contributed by atoms with Gasteiger partial charge in [0.1, 0.15) is 17.5 Å². The summed E-state index contributed by atoms with van der Waals surface area (Å²) < 4.78 is 0. The summed E-state index contributed by atoms with van der Waals surface area (Å²) in [5.41, 5.74) is 0. The van der Waals surface area contributed by atoms with E-state index in [0.717, 1.165) is 43.3 Å². The molecule has 19 heavy (non-hydrogen) atoms. The van der Waals surface area contributed by atoms with Crippen LogP contribution in [0.5, 0.6) is 0 Å². The predicted octanol–water partition coefficient (Wildman–Crippen LogP) is 1.96. The van der Waals surface area contributed by atoms with Gasteiger partial charge in [0.15, 0.2) is 0 Å². The zero-order valence-corrected chi connectivity index (χ0v) is 12.1. The topological polar surface area (TPSA) is 61.3 Å². The molecular weight excluding hydrogens is 240 g/mol. The van der Waals surface area contributed by atoms with Gasteiger partial charge in [-0.05, 0) is 33.1 Å². The predicted molar refractivity (Wildman–Crippen MR) is 77.6 cm³/mol. The number of nitrogens with one attached hydrogen (secondary N) is 1. The van der Waals surface area contributed by atoms with Crippen LogP contribution in [-0.2, 0) is 0 Å². The van der Waals surface area contributed by atoms with E-state index in [9.17, 15) is 5.11 Å². The molecular formula is C14H24N4O. The van der Waals surface area contributed by atoms with Gasteiger partial charge in [-0.1, -0.05) is 6.92 Å². The monoisotopic (exact) mass is 264 g/mol. The fourth-order valence-electron chi connectivity index (χ4n) is 2.31. The largest absolute Gasteiger partial charge is 0.391 e. The Labute approximate surface area is 115 Å². The molecule has 2 heterocycles. The summed E-state index contributed by atoms with van der Waals surface area (Å²) in [4.78, 5) is 11.1. The van der Waals surface area contributed by atoms with Crippen molar-refractivity contribution in [1.29, 1.82) is 0 Å². The quantitative estimate of drug-likeness (QED) is 0.870. The van der Waals surface area contributed by atoms with Crippen LogP contribution in [-0.4, -0.2) is 40.3 Å². The van der Waals surface area contributed by atoms with Crippen LogP contribution in [0.4, 0.5) is 11.6 Å². The number of aliphatic hydroxyl groups excluding tert-OH is 1. The molecule has 0 aliphatic carbocycles. The van der Waals surface area contributed by atoms with Crippen molar-refractivity contribution in [2.45, 2.75) is 52.2 Å². The highest BCUT2D eigenvalue weighted by molar-refractivity contribution is 5.50. The van der Waals surface area contributed by atoms with E-state index >= 15 is 0 Å². The number of nitrogens with zero attached hydrogens (tertiary/aromatic N) is 3. The zero-order valence-electron chi connectivity index (χ0n) is 12.1. The van der Waals surface area contributed by atoms with Gasteiger partial charge in [-0.15, -0.1) is 0 Å². The molecule has 2 N–H and O–H groups in total. The van der Waals surface area contributed by atoms with E-state index in [4.69, 9.17) is 0 Å². The van der Waals surface area contributed by atoms with Gasteiger partial charge in [0.2, 0.25) is 0 Å². The average Bonchev–Trinajstić information content (AvgIpc) is 2.38. The van der Waals surface area contributed by atoms with Crippen molar-refractivity contribution in [1.82, 2.24) is 9.97 Å². The molecule has 0 bridgehead atoms. The highest BCUT2D eigenvalue weighted by Crippen LogP contribution is 2.21. The number of aromatic nitrogens is 2. The van der Waals surface area contributed by atoms with E-state index in [1.807, 2.05) is 13.0 Å². The highest BCUT2D eigenvalue weighted by atomic mass is 16.3. The van der Waals surface area contributed by atoms with Crippen LogP contribution in [0.2, 0.25) is 0 Å². The highest BCUT2D eigenvalue weighted by Gasteiger charge is 2.19. The smallest absolute Gasteiger partial charge is 0.134 e. The first-order chi connectivity index (χ1) is 9.08. The number of aryl methyl sites for hydroxylation is 1. The maximum atomic E-state index is 9.76. The Bertz CT molecular complexity index is 424. The lowest BCUT2D eigenvalue weighted by Crippen LogP contribution is -2.38. The van der Waals surface area contributed by atoms with E-state index in [2.05, 4.69) is 34.0 Å². The number of piperidine rings is 1. The lowest BCUT2D eigenvalue weighted by atomic mass is 10.1. The third-order valence-corrected chi connectivity index (χ3v) is 3.55. The van der Waals surface area contributed by atoms with E-state index < -0.39 is 0 Å². The molecule has 2 unspecified atom stereocenters. The zero-order chi connectivity index (χ0) is 13.8. The van der Waals surface area contributed by atoms with Crippen LogP contribution in [0.15, 0.2) is 6.07 Å². The molecule has 1 aromatic heterocycles. The second kappa shape index (κ2) is 6.19. The van der Waals surface area contributed by atoms with Gasteiger partial charge < -0.3 is 15.3 Å². The summed E-state index contributed by atoms with van der Waals surface area (Å²) in [7, 11) is 0. The molecule has 0 radical (unpaired) electrons. The van der Waals surface area contributed by atoms with Gasteiger partial charge >= 0.3 is 0 Å². The van der Waals surface area contributed by atoms with Crippen molar-refractivity contribution < 1.29 is 5.11 Å². The second-order valence-corrected chi connectivity index (χ2v) is 5.35. The minimum atomic E-state index is -0.241. The fourth-order valence-corrected chi connectivity index (χ4v) is 2.31. The molecule has 0 amide bonds. The third kappa shape index (κ3) is 3.80. The number of anilines is 2. The molecule has 1 aliphatic heterocycles. The normalized spacial score (nSPS) is 21.3. The number of aliphatic hydroxyl groups is 1. The fraction of sp³-hybridized carbons (Fsp3) is 0.714. The molecule has 2 rings (SSSR count). The van der Waals surface area contributed by atoms with Crippen LogP contribution < -0.4 is 10.2 Å². The van der Waals surface area contributed by atoms with Crippen molar-refractivity contribution in [2.75, 3.05) is 23.3 Å². The first-order valence-corrected chi connectivity index (χ1v) is 7.13. The third-order valence-electron chi connectivity index (χ3n) is 3.55. The van der Waals surface area contributed by atoms with Gasteiger partial charge in [0, 0.05) is 25.2 Å². The Morgan fingerprint density at radius 2 is 2.32 bits per heavy atom. The molecule has 1 aliphatic rings. The van der Waals surface area contributed by atoms with E-state index in [0.29, 0.717) is 12.6 Å². The summed E-state index contributed by atoms with van der Waals surface area (Å²) in [6, 6.07) is 2.38. The molecule has 5 heteroatoms. The van der Waals surface area contributed by atoms with Gasteiger partial charge in [-0.2, -0.15) is 0 Å². The molecule has 0 spiro atoms. The van der Waals surface area contributed by atoms with Crippen LogP contribution in [0, 0.1) is 6.92 Å². The Balaban J connectivity index is 2.16. The van der Waals surface area contributed by atoms with Crippen molar-refractivity contribution in [3.63, 3.8) is 0 Å². The Morgan fingerprint density at radius 3 is 3.00 bits per heavy atom. The van der Waals surface area contributed by atoms with Gasteiger partial charge in [-0.25, -0.2) is 9.97 Å². The second-order valence-electron chi connectivity index (χ2n) is 5.35. The molecule has 2 atom stereocenters. The minimum Gasteiger partial charge on any atom is -0.391 e. The Morgan fingerprint density at radius 1 is 1.53 bits per heavy atom. The van der Waals surface area contributed by atoms with E-state index in [-0.39, 0.29) is 6.10 Å². The van der Waals surface area contributed by atoms with Gasteiger partial charge in [0.05, 0.1) is 6.10 Å². The molecule has 1 fully saturated rings. The van der Waals surface area contributed by atoms with Crippen LogP contribution >= 0.6 is 0 Å². The minimum absolute atomic E-state index is 0.241. The van der Waals surface area contributed by atoms with Crippen molar-refractivity contribution >= 4 is 11.6 Å². The van der Waals surface area contributed by atoms with Crippen molar-refractivity contribution in [3.05, 3.63) is 11.9 Å². The Hall–Kier alpha value is -1.36. The molecule has 5 nitrogen and oxygen atoms in total. The van der Waals surface area contributed by atoms with Crippen molar-refractivity contribution in [3.8, 4) is 0 Å². The number of β-amino-alcohol motifs (C(OH)–C–C–N with tert-alkyl or cyclic N) is 1. The molecule has 0 saturated carbocycles. The average molecular weight is 264 g/mol. The molecule has 1 aromatic rings. The summed E-state index contributed by atoms with van der Waals surface area (Å²) in [5.74, 6) is 2.55. The standard InChI is InChI=1S/C14H24N4O/c1-4-10(2)15-13-8-14(17-11(3)16-13)18-7-5-6-12(19)9-18/h8,10,12,19H,4-7,9H2,1-3H3,(H,15,16,17). The van der Waals surface area contributed by atoms with Crippen LogP contribution in [0.1, 0.15) is 38.9 Å². The lowest BCUT2D eigenvalue weighted by Gasteiger charge is -2.31. The summed E-state index contributed by atoms with van der Waals surface area (Å²) >= 11 is 0. The van der Waals surface area contributed by atoms with Crippen LogP contribution in [0.3, 0.4) is 0 Å². The molecule has 1 saturated heterocycles. The van der Waals surface area contributed by atoms with Crippen LogP contribution in [0.25, 0.3) is 0 Å². The summed E-state index contributed by atoms with van der Waals surface area (Å²) in [6.45, 7) is 7.82. The number of hydrogen-bond acceptors (Lipinski definition) is 5. The molecule has 106 valence electrons. The Kier molecular flexibility index (Phi) is 4.58. The van der Waals surface area contributed by atoms with E-state index in [1.165, 1.54) is 0 Å². The number of hydrogen-bond donors (Lipinski definition) is 2. The lowest BCUT2D eigenvalue weighted by molar-refractivity contribution is 0.154. The molecule has 0 aromatic carbocycles. The summed E-state index contributed by atoms with van der Waals surface area (Å²) in [6.07, 6.45) is 2.72. The van der Waals surface area contributed by atoms with Gasteiger partial charge in [0.25, 0.3) is 0 Å². The first-order valence-electron chi connectivity index (χ1n) is 7.13. The van der Waals surface area contributed by atoms with Gasteiger partial charge in [-0.3, -0.25) is 0 Å². The SMILES string of the molecule is CCC(C)Nc1cc(N2CCCC(O)C2)nc(C)n1. The maximum absolute atomic E-state index is 9.76. The maximum Gasteiger partial charge on any atom is 0.134 e.